The Morgan fingerprint density at radius 2 is 2.10 bits per heavy atom. The molecule has 0 N–H and O–H groups in total. The highest BCUT2D eigenvalue weighted by molar-refractivity contribution is 9.10. The van der Waals surface area contributed by atoms with E-state index in [1.165, 1.54) is 10.8 Å². The van der Waals surface area contributed by atoms with E-state index in [1.807, 2.05) is 0 Å². The first kappa shape index (κ1) is 14.2. The molecule has 9 heteroatoms. The summed E-state index contributed by atoms with van der Waals surface area (Å²) in [5.74, 6) is 1.01. The molecule has 0 bridgehead atoms. The van der Waals surface area contributed by atoms with E-state index in [-0.39, 0.29) is 12.1 Å². The number of aromatic nitrogens is 6. The largest absolute Gasteiger partial charge is 0.288 e. The van der Waals surface area contributed by atoms with Crippen molar-refractivity contribution in [3.05, 3.63) is 44.0 Å². The minimum Gasteiger partial charge on any atom is -0.288 e. The van der Waals surface area contributed by atoms with Gasteiger partial charge in [-0.1, -0.05) is 11.6 Å². The van der Waals surface area contributed by atoms with Crippen LogP contribution in [0.1, 0.15) is 11.6 Å². The average Bonchev–Trinajstić information content (AvgIpc) is 2.82. The van der Waals surface area contributed by atoms with E-state index < -0.39 is 0 Å². The van der Waals surface area contributed by atoms with E-state index >= 15 is 0 Å². The van der Waals surface area contributed by atoms with Crippen LogP contribution >= 0.6 is 27.5 Å². The van der Waals surface area contributed by atoms with Gasteiger partial charge in [-0.3, -0.25) is 14.0 Å². The van der Waals surface area contributed by atoms with Gasteiger partial charge in [0.05, 0.1) is 18.1 Å². The minimum atomic E-state index is -0.188. The van der Waals surface area contributed by atoms with E-state index in [0.717, 1.165) is 0 Å². The lowest BCUT2D eigenvalue weighted by molar-refractivity contribution is 0.664. The van der Waals surface area contributed by atoms with Gasteiger partial charge in [0.15, 0.2) is 11.5 Å². The van der Waals surface area contributed by atoms with Crippen LogP contribution in [0.25, 0.3) is 11.0 Å². The van der Waals surface area contributed by atoms with Gasteiger partial charge in [-0.2, -0.15) is 5.10 Å². The highest BCUT2D eigenvalue weighted by Crippen LogP contribution is 2.19. The molecule has 3 aromatic rings. The Morgan fingerprint density at radius 1 is 1.33 bits per heavy atom. The van der Waals surface area contributed by atoms with Gasteiger partial charge in [0.1, 0.15) is 15.5 Å². The van der Waals surface area contributed by atoms with Gasteiger partial charge < -0.3 is 0 Å². The van der Waals surface area contributed by atoms with Crippen molar-refractivity contribution in [2.24, 2.45) is 7.05 Å². The van der Waals surface area contributed by atoms with Gasteiger partial charge in [-0.05, 0) is 22.9 Å². The molecule has 3 aromatic heterocycles. The predicted octanol–water partition coefficient (Wildman–Crippen LogP) is 1.69. The van der Waals surface area contributed by atoms with Crippen LogP contribution in [-0.2, 0) is 13.6 Å². The van der Waals surface area contributed by atoms with E-state index in [4.69, 9.17) is 11.6 Å². The smallest absolute Gasteiger partial charge is 0.268 e. The van der Waals surface area contributed by atoms with E-state index in [1.54, 1.807) is 24.9 Å². The molecule has 7 nitrogen and oxygen atoms in total. The van der Waals surface area contributed by atoms with Gasteiger partial charge in [0.2, 0.25) is 0 Å². The van der Waals surface area contributed by atoms with Crippen molar-refractivity contribution < 1.29 is 0 Å². The van der Waals surface area contributed by atoms with Crippen molar-refractivity contribution in [2.75, 3.05) is 0 Å². The highest BCUT2D eigenvalue weighted by atomic mass is 79.9. The van der Waals surface area contributed by atoms with Crippen molar-refractivity contribution in [3.8, 4) is 0 Å². The van der Waals surface area contributed by atoms with Crippen LogP contribution in [-0.4, -0.2) is 29.3 Å². The summed E-state index contributed by atoms with van der Waals surface area (Å²) in [5.41, 5.74) is 0.436. The Bertz CT molecular complexity index is 903. The molecule has 108 valence electrons. The summed E-state index contributed by atoms with van der Waals surface area (Å²) in [6, 6.07) is 0. The molecule has 0 unspecified atom stereocenters. The van der Waals surface area contributed by atoms with Crippen LogP contribution in [0.3, 0.4) is 0 Å². The summed E-state index contributed by atoms with van der Waals surface area (Å²) in [7, 11) is 1.77. The second-order valence-corrected chi connectivity index (χ2v) is 5.69. The standard InChI is InChI=1S/C12H10BrClN6O/c1-6-15-4-8(13)12(21)20(6)5-9-17-10(14)7-3-16-19(2)11(7)18-9/h3-4H,5H2,1-2H3. The van der Waals surface area contributed by atoms with Crippen LogP contribution in [0.5, 0.6) is 0 Å². The van der Waals surface area contributed by atoms with Crippen molar-refractivity contribution in [1.29, 1.82) is 0 Å². The minimum absolute atomic E-state index is 0.188. The van der Waals surface area contributed by atoms with Gasteiger partial charge in [-0.25, -0.2) is 15.0 Å². The number of nitrogens with zero attached hydrogens (tertiary/aromatic N) is 6. The monoisotopic (exact) mass is 368 g/mol. The van der Waals surface area contributed by atoms with E-state index in [2.05, 4.69) is 36.0 Å². The van der Waals surface area contributed by atoms with Gasteiger partial charge in [0, 0.05) is 13.2 Å². The number of hydrogen-bond acceptors (Lipinski definition) is 5. The zero-order valence-electron chi connectivity index (χ0n) is 11.2. The topological polar surface area (TPSA) is 78.5 Å². The molecule has 0 saturated heterocycles. The molecule has 0 aliphatic carbocycles. The van der Waals surface area contributed by atoms with Gasteiger partial charge >= 0.3 is 0 Å². The molecule has 0 spiro atoms. The maximum absolute atomic E-state index is 12.1. The average molecular weight is 370 g/mol. The van der Waals surface area contributed by atoms with Crippen molar-refractivity contribution >= 4 is 38.6 Å². The van der Waals surface area contributed by atoms with Crippen LogP contribution in [0, 0.1) is 6.92 Å². The van der Waals surface area contributed by atoms with Crippen LogP contribution in [0.2, 0.25) is 5.15 Å². The fourth-order valence-electron chi connectivity index (χ4n) is 1.98. The summed E-state index contributed by atoms with van der Waals surface area (Å²) in [6.45, 7) is 1.94. The highest BCUT2D eigenvalue weighted by Gasteiger charge is 2.12. The van der Waals surface area contributed by atoms with Gasteiger partial charge in [-0.15, -0.1) is 0 Å². The van der Waals surface area contributed by atoms with Crippen molar-refractivity contribution in [3.63, 3.8) is 0 Å². The lowest BCUT2D eigenvalue weighted by atomic mass is 10.4. The molecule has 0 saturated carbocycles. The van der Waals surface area contributed by atoms with Crippen LogP contribution in [0.4, 0.5) is 0 Å². The summed E-state index contributed by atoms with van der Waals surface area (Å²) >= 11 is 9.31. The lowest BCUT2D eigenvalue weighted by Crippen LogP contribution is -2.25. The first-order valence-electron chi connectivity index (χ1n) is 6.03. The number of halogens is 2. The normalized spacial score (nSPS) is 11.2. The molecule has 3 rings (SSSR count). The molecule has 0 fully saturated rings. The van der Waals surface area contributed by atoms with E-state index in [9.17, 15) is 4.79 Å². The number of fused-ring (bicyclic) bond motifs is 1. The molecule has 21 heavy (non-hydrogen) atoms. The summed E-state index contributed by atoms with van der Waals surface area (Å²) in [4.78, 5) is 24.9. The number of aryl methyl sites for hydroxylation is 2. The second-order valence-electron chi connectivity index (χ2n) is 4.48. The molecular weight excluding hydrogens is 360 g/mol. The Hall–Kier alpha value is -1.80. The third kappa shape index (κ3) is 2.44. The Morgan fingerprint density at radius 3 is 2.86 bits per heavy atom. The summed E-state index contributed by atoms with van der Waals surface area (Å²) < 4.78 is 3.49. The fraction of sp³-hybridized carbons (Fsp3) is 0.250. The van der Waals surface area contributed by atoms with Crippen molar-refractivity contribution in [1.82, 2.24) is 29.3 Å². The Kier molecular flexibility index (Phi) is 3.50. The van der Waals surface area contributed by atoms with Crippen LogP contribution < -0.4 is 5.56 Å². The summed E-state index contributed by atoms with van der Waals surface area (Å²) in [6.07, 6.45) is 3.09. The molecule has 0 radical (unpaired) electrons. The summed E-state index contributed by atoms with van der Waals surface area (Å²) in [5, 5.41) is 5.09. The molecule has 0 aromatic carbocycles. The Balaban J connectivity index is 2.13. The fourth-order valence-corrected chi connectivity index (χ4v) is 2.53. The second kappa shape index (κ2) is 5.19. The number of rotatable bonds is 2. The molecule has 0 atom stereocenters. The molecule has 0 aliphatic rings. The van der Waals surface area contributed by atoms with Crippen molar-refractivity contribution in [2.45, 2.75) is 13.5 Å². The maximum Gasteiger partial charge on any atom is 0.268 e. The molecule has 3 heterocycles. The van der Waals surface area contributed by atoms with Crippen LogP contribution in [0.15, 0.2) is 21.7 Å². The molecule has 0 aliphatic heterocycles. The quantitative estimate of drug-likeness (QED) is 0.642. The maximum atomic E-state index is 12.1. The lowest BCUT2D eigenvalue weighted by Gasteiger charge is -2.09. The Labute approximate surface area is 132 Å². The van der Waals surface area contributed by atoms with Gasteiger partial charge in [0.25, 0.3) is 5.56 Å². The molecular formula is C12H10BrClN6O. The number of hydrogen-bond donors (Lipinski definition) is 0. The van der Waals surface area contributed by atoms with E-state index in [0.29, 0.717) is 32.3 Å². The zero-order chi connectivity index (χ0) is 15.1. The first-order chi connectivity index (χ1) is 9.97. The third-order valence-corrected chi connectivity index (χ3v) is 3.93. The zero-order valence-corrected chi connectivity index (χ0v) is 13.6. The SMILES string of the molecule is Cc1ncc(Br)c(=O)n1Cc1nc(Cl)c2cnn(C)c2n1. The first-order valence-corrected chi connectivity index (χ1v) is 7.20. The molecule has 0 amide bonds. The predicted molar refractivity (Wildman–Crippen MR) is 81.4 cm³/mol. The third-order valence-electron chi connectivity index (χ3n) is 3.10.